The number of aromatic hydroxyl groups is 1. The Hall–Kier alpha value is -2.59. The lowest BCUT2D eigenvalue weighted by Crippen LogP contribution is -2.64. The number of piperazine rings is 1. The van der Waals surface area contributed by atoms with E-state index in [-0.39, 0.29) is 34.7 Å². The van der Waals surface area contributed by atoms with Gasteiger partial charge in [-0.05, 0) is 24.3 Å². The molecule has 2 fully saturated rings. The Kier molecular flexibility index (Phi) is 6.13. The molecule has 0 saturated carbocycles. The van der Waals surface area contributed by atoms with Crippen LogP contribution >= 0.6 is 0 Å². The maximum atomic E-state index is 12.5. The molecule has 9 nitrogen and oxygen atoms in total. The molecule has 2 saturated heterocycles. The predicted molar refractivity (Wildman–Crippen MR) is 108 cm³/mol. The van der Waals surface area contributed by atoms with Gasteiger partial charge in [-0.2, -0.15) is 0 Å². The van der Waals surface area contributed by atoms with Gasteiger partial charge < -0.3 is 20.2 Å². The number of anilines is 1. The summed E-state index contributed by atoms with van der Waals surface area (Å²) >= 11 is 0. The molecule has 2 heterocycles. The third kappa shape index (κ3) is 4.88. The first-order valence-corrected chi connectivity index (χ1v) is 11.3. The maximum absolute atomic E-state index is 12.5. The van der Waals surface area contributed by atoms with E-state index in [1.54, 1.807) is 9.80 Å². The third-order valence-corrected chi connectivity index (χ3v) is 6.47. The number of hydrogen-bond donors (Lipinski definition) is 2. The standard InChI is InChI=1S/C19H26N4O5S/c1-3-18(25)23-12-14(13-23)21-6-8-22(9-7-21)19(26)11-20-16-10-15(29(2,27)28)4-5-17(16)24/h3-5,10,14,20,24H,1,6-9,11-13H2,2H3. The zero-order valence-electron chi connectivity index (χ0n) is 16.4. The van der Waals surface area contributed by atoms with Gasteiger partial charge in [0.15, 0.2) is 9.84 Å². The van der Waals surface area contributed by atoms with Crippen LogP contribution in [0.15, 0.2) is 35.7 Å². The highest BCUT2D eigenvalue weighted by Gasteiger charge is 2.35. The monoisotopic (exact) mass is 422 g/mol. The van der Waals surface area contributed by atoms with Crippen molar-refractivity contribution in [1.29, 1.82) is 0 Å². The van der Waals surface area contributed by atoms with Gasteiger partial charge in [0, 0.05) is 51.6 Å². The molecule has 1 aromatic rings. The molecule has 2 aliphatic heterocycles. The number of carbonyl (C=O) groups is 2. The van der Waals surface area contributed by atoms with Gasteiger partial charge in [-0.3, -0.25) is 14.5 Å². The summed E-state index contributed by atoms with van der Waals surface area (Å²) in [5, 5.41) is 12.7. The minimum Gasteiger partial charge on any atom is -0.506 e. The molecule has 2 aliphatic rings. The Morgan fingerprint density at radius 3 is 2.45 bits per heavy atom. The van der Waals surface area contributed by atoms with Gasteiger partial charge in [-0.15, -0.1) is 0 Å². The average Bonchev–Trinajstić information content (AvgIpc) is 2.65. The molecule has 10 heteroatoms. The first kappa shape index (κ1) is 21.1. The lowest BCUT2D eigenvalue weighted by atomic mass is 10.1. The molecule has 3 rings (SSSR count). The number of sulfone groups is 1. The maximum Gasteiger partial charge on any atom is 0.246 e. The number of amides is 2. The van der Waals surface area contributed by atoms with Gasteiger partial charge in [0.2, 0.25) is 11.8 Å². The van der Waals surface area contributed by atoms with Gasteiger partial charge in [-0.1, -0.05) is 6.58 Å². The summed E-state index contributed by atoms with van der Waals surface area (Å²) in [6.45, 7) is 7.48. The molecular formula is C19H26N4O5S. The number of nitrogens with one attached hydrogen (secondary N) is 1. The Morgan fingerprint density at radius 2 is 1.86 bits per heavy atom. The van der Waals surface area contributed by atoms with Crippen molar-refractivity contribution in [3.63, 3.8) is 0 Å². The summed E-state index contributed by atoms with van der Waals surface area (Å²) in [5.74, 6) is -0.283. The van der Waals surface area contributed by atoms with Crippen molar-refractivity contribution < 1.29 is 23.1 Å². The Labute approximate surface area is 170 Å². The van der Waals surface area contributed by atoms with E-state index >= 15 is 0 Å². The van der Waals surface area contributed by atoms with Crippen LogP contribution in [0.3, 0.4) is 0 Å². The van der Waals surface area contributed by atoms with Crippen LogP contribution in [0, 0.1) is 0 Å². The van der Waals surface area contributed by atoms with Crippen molar-refractivity contribution in [3.8, 4) is 5.75 Å². The molecule has 0 spiro atoms. The lowest BCUT2D eigenvalue weighted by Gasteiger charge is -2.47. The van der Waals surface area contributed by atoms with Gasteiger partial charge in [0.05, 0.1) is 17.1 Å². The summed E-state index contributed by atoms with van der Waals surface area (Å²) in [6, 6.07) is 4.26. The lowest BCUT2D eigenvalue weighted by molar-refractivity contribution is -0.135. The van der Waals surface area contributed by atoms with Crippen LogP contribution in [0.5, 0.6) is 5.75 Å². The molecule has 158 valence electrons. The van der Waals surface area contributed by atoms with Crippen molar-refractivity contribution in [2.45, 2.75) is 10.9 Å². The van der Waals surface area contributed by atoms with Crippen LogP contribution < -0.4 is 5.32 Å². The SMILES string of the molecule is C=CC(=O)N1CC(N2CCN(C(=O)CNc3cc(S(C)(=O)=O)ccc3O)CC2)C1. The van der Waals surface area contributed by atoms with Crippen molar-refractivity contribution in [1.82, 2.24) is 14.7 Å². The number of phenols is 1. The molecule has 0 radical (unpaired) electrons. The van der Waals surface area contributed by atoms with Crippen LogP contribution in [-0.4, -0.2) is 98.1 Å². The van der Waals surface area contributed by atoms with Crippen molar-refractivity contribution in [2.24, 2.45) is 0 Å². The van der Waals surface area contributed by atoms with Crippen molar-refractivity contribution in [3.05, 3.63) is 30.9 Å². The number of phenolic OH excluding ortho intramolecular Hbond substituents is 1. The molecule has 0 unspecified atom stereocenters. The summed E-state index contributed by atoms with van der Waals surface area (Å²) in [5.41, 5.74) is 0.210. The Balaban J connectivity index is 1.47. The van der Waals surface area contributed by atoms with Crippen LogP contribution in [-0.2, 0) is 19.4 Å². The molecular weight excluding hydrogens is 396 g/mol. The highest BCUT2D eigenvalue weighted by molar-refractivity contribution is 7.90. The quantitative estimate of drug-likeness (QED) is 0.480. The van der Waals surface area contributed by atoms with Crippen molar-refractivity contribution >= 4 is 27.3 Å². The second-order valence-electron chi connectivity index (χ2n) is 7.32. The highest BCUT2D eigenvalue weighted by Crippen LogP contribution is 2.26. The molecule has 0 aliphatic carbocycles. The van der Waals surface area contributed by atoms with Crippen LogP contribution in [0.25, 0.3) is 0 Å². The number of rotatable bonds is 6. The zero-order chi connectivity index (χ0) is 21.2. The van der Waals surface area contributed by atoms with E-state index in [0.717, 1.165) is 19.3 Å². The average molecular weight is 423 g/mol. The highest BCUT2D eigenvalue weighted by atomic mass is 32.2. The van der Waals surface area contributed by atoms with Crippen LogP contribution in [0.1, 0.15) is 0 Å². The summed E-state index contributed by atoms with van der Waals surface area (Å²) < 4.78 is 23.3. The van der Waals surface area contributed by atoms with E-state index in [1.165, 1.54) is 24.3 Å². The van der Waals surface area contributed by atoms with E-state index < -0.39 is 9.84 Å². The molecule has 0 atom stereocenters. The fourth-order valence-corrected chi connectivity index (χ4v) is 4.15. The number of carbonyl (C=O) groups excluding carboxylic acids is 2. The number of likely N-dealkylation sites (tertiary alicyclic amines) is 1. The second-order valence-corrected chi connectivity index (χ2v) is 9.34. The predicted octanol–water partition coefficient (Wildman–Crippen LogP) is -0.251. The number of benzene rings is 1. The second kappa shape index (κ2) is 8.42. The van der Waals surface area contributed by atoms with Gasteiger partial charge in [0.25, 0.3) is 0 Å². The summed E-state index contributed by atoms with van der Waals surface area (Å²) in [6.07, 6.45) is 2.41. The fourth-order valence-electron chi connectivity index (χ4n) is 3.50. The van der Waals surface area contributed by atoms with Gasteiger partial charge in [-0.25, -0.2) is 8.42 Å². The minimum absolute atomic E-state index is 0.0359. The van der Waals surface area contributed by atoms with E-state index in [4.69, 9.17) is 0 Å². The zero-order valence-corrected chi connectivity index (χ0v) is 17.2. The topological polar surface area (TPSA) is 110 Å². The first-order valence-electron chi connectivity index (χ1n) is 9.39. The molecule has 29 heavy (non-hydrogen) atoms. The Bertz CT molecular complexity index is 903. The summed E-state index contributed by atoms with van der Waals surface area (Å²) in [7, 11) is -3.41. The number of nitrogens with zero attached hydrogens (tertiary/aromatic N) is 3. The normalized spacial score (nSPS) is 18.2. The van der Waals surface area contributed by atoms with Crippen LogP contribution in [0.2, 0.25) is 0 Å². The molecule has 0 aromatic heterocycles. The Morgan fingerprint density at radius 1 is 1.21 bits per heavy atom. The smallest absolute Gasteiger partial charge is 0.246 e. The summed E-state index contributed by atoms with van der Waals surface area (Å²) in [4.78, 5) is 29.9. The first-order chi connectivity index (χ1) is 13.7. The fraction of sp³-hybridized carbons (Fsp3) is 0.474. The number of hydrogen-bond acceptors (Lipinski definition) is 7. The van der Waals surface area contributed by atoms with E-state index in [2.05, 4.69) is 16.8 Å². The molecule has 2 N–H and O–H groups in total. The minimum atomic E-state index is -3.41. The van der Waals surface area contributed by atoms with Crippen LogP contribution in [0.4, 0.5) is 5.69 Å². The molecule has 2 amide bonds. The van der Waals surface area contributed by atoms with E-state index in [9.17, 15) is 23.1 Å². The molecule has 0 bridgehead atoms. The van der Waals surface area contributed by atoms with Gasteiger partial charge >= 0.3 is 0 Å². The van der Waals surface area contributed by atoms with Gasteiger partial charge in [0.1, 0.15) is 5.75 Å². The van der Waals surface area contributed by atoms with E-state index in [0.29, 0.717) is 32.2 Å². The largest absolute Gasteiger partial charge is 0.506 e. The third-order valence-electron chi connectivity index (χ3n) is 5.36. The van der Waals surface area contributed by atoms with Crippen molar-refractivity contribution in [2.75, 3.05) is 57.4 Å². The molecule has 1 aromatic carbocycles. The van der Waals surface area contributed by atoms with E-state index in [1.807, 2.05) is 0 Å².